The van der Waals surface area contributed by atoms with Crippen LogP contribution in [0.3, 0.4) is 0 Å². The van der Waals surface area contributed by atoms with Crippen LogP contribution in [0.4, 0.5) is 0 Å². The van der Waals surface area contributed by atoms with E-state index in [0.29, 0.717) is 6.42 Å². The summed E-state index contributed by atoms with van der Waals surface area (Å²) in [6.45, 7) is 1.86. The second-order valence-corrected chi connectivity index (χ2v) is 3.47. The first-order valence-corrected chi connectivity index (χ1v) is 4.18. The smallest absolute Gasteiger partial charge is 0.0908 e. The van der Waals surface area contributed by atoms with Gasteiger partial charge in [-0.15, -0.1) is 12.4 Å². The first-order chi connectivity index (χ1) is 5.70. The lowest BCUT2D eigenvalue weighted by Gasteiger charge is -2.27. The molecule has 0 fully saturated rings. The highest BCUT2D eigenvalue weighted by molar-refractivity contribution is 5.85. The van der Waals surface area contributed by atoms with Crippen LogP contribution in [0.1, 0.15) is 24.5 Å². The van der Waals surface area contributed by atoms with Crippen molar-refractivity contribution in [1.29, 1.82) is 0 Å². The molecule has 0 saturated carbocycles. The van der Waals surface area contributed by atoms with Gasteiger partial charge in [0.05, 0.1) is 5.60 Å². The van der Waals surface area contributed by atoms with Crippen molar-refractivity contribution < 1.29 is 5.11 Å². The van der Waals surface area contributed by atoms with Crippen LogP contribution in [0.5, 0.6) is 0 Å². The van der Waals surface area contributed by atoms with Gasteiger partial charge in [-0.3, -0.25) is 0 Å². The summed E-state index contributed by atoms with van der Waals surface area (Å²) in [6.07, 6.45) is 4.79. The molecule has 0 radical (unpaired) electrons. The molecule has 1 unspecified atom stereocenters. The largest absolute Gasteiger partial charge is 0.385 e. The normalized spacial score (nSPS) is 24.8. The lowest BCUT2D eigenvalue weighted by Crippen LogP contribution is -2.23. The highest BCUT2D eigenvalue weighted by Crippen LogP contribution is 2.32. The molecule has 1 atom stereocenters. The standard InChI is InChI=1S/C11H12O.ClH/c1-11(12)8-4-6-9-5-2-3-7-10(9)11;/h2-7,12H,8H2,1H3;1H. The zero-order valence-electron chi connectivity index (χ0n) is 7.53. The minimum Gasteiger partial charge on any atom is -0.385 e. The molecule has 1 nitrogen and oxygen atoms in total. The van der Waals surface area contributed by atoms with E-state index in [9.17, 15) is 5.11 Å². The molecule has 0 spiro atoms. The molecule has 0 saturated heterocycles. The van der Waals surface area contributed by atoms with E-state index in [-0.39, 0.29) is 12.4 Å². The van der Waals surface area contributed by atoms with Crippen LogP contribution in [-0.4, -0.2) is 5.11 Å². The quantitative estimate of drug-likeness (QED) is 0.677. The fourth-order valence-electron chi connectivity index (χ4n) is 1.66. The maximum atomic E-state index is 9.98. The Kier molecular flexibility index (Phi) is 2.79. The first kappa shape index (κ1) is 10.3. The first-order valence-electron chi connectivity index (χ1n) is 4.18. The topological polar surface area (TPSA) is 20.2 Å². The van der Waals surface area contributed by atoms with Crippen LogP contribution in [-0.2, 0) is 5.60 Å². The van der Waals surface area contributed by atoms with Crippen LogP contribution in [0.2, 0.25) is 0 Å². The molecular weight excluding hydrogens is 184 g/mol. The van der Waals surface area contributed by atoms with Crippen LogP contribution < -0.4 is 0 Å². The number of rotatable bonds is 0. The van der Waals surface area contributed by atoms with Crippen molar-refractivity contribution in [3.05, 3.63) is 41.5 Å². The van der Waals surface area contributed by atoms with Gasteiger partial charge < -0.3 is 5.11 Å². The van der Waals surface area contributed by atoms with Crippen molar-refractivity contribution in [2.75, 3.05) is 0 Å². The number of benzene rings is 1. The Balaban J connectivity index is 0.000000845. The third-order valence-corrected chi connectivity index (χ3v) is 2.35. The molecule has 0 amide bonds. The minimum atomic E-state index is -0.675. The summed E-state index contributed by atoms with van der Waals surface area (Å²) in [5.74, 6) is 0. The summed E-state index contributed by atoms with van der Waals surface area (Å²) in [5, 5.41) is 9.98. The van der Waals surface area contributed by atoms with Gasteiger partial charge in [0.15, 0.2) is 0 Å². The van der Waals surface area contributed by atoms with E-state index in [4.69, 9.17) is 0 Å². The molecule has 1 N–H and O–H groups in total. The minimum absolute atomic E-state index is 0. The summed E-state index contributed by atoms with van der Waals surface area (Å²) in [4.78, 5) is 0. The number of hydrogen-bond acceptors (Lipinski definition) is 1. The van der Waals surface area contributed by atoms with Gasteiger partial charge in [0, 0.05) is 0 Å². The van der Waals surface area contributed by atoms with Gasteiger partial charge >= 0.3 is 0 Å². The fraction of sp³-hybridized carbons (Fsp3) is 0.273. The van der Waals surface area contributed by atoms with E-state index in [1.807, 2.05) is 37.3 Å². The molecule has 2 heteroatoms. The van der Waals surface area contributed by atoms with Crippen LogP contribution in [0.15, 0.2) is 30.3 Å². The molecule has 0 aromatic heterocycles. The molecule has 1 aromatic rings. The van der Waals surface area contributed by atoms with Crippen LogP contribution in [0.25, 0.3) is 6.08 Å². The zero-order valence-corrected chi connectivity index (χ0v) is 8.34. The van der Waals surface area contributed by atoms with Gasteiger partial charge in [-0.05, 0) is 24.5 Å². The lowest BCUT2D eigenvalue weighted by molar-refractivity contribution is 0.0592. The molecule has 0 bridgehead atoms. The summed E-state index contributed by atoms with van der Waals surface area (Å²) in [6, 6.07) is 7.97. The molecule has 70 valence electrons. The lowest BCUT2D eigenvalue weighted by atomic mass is 9.85. The van der Waals surface area contributed by atoms with E-state index >= 15 is 0 Å². The Bertz CT molecular complexity index is 329. The van der Waals surface area contributed by atoms with Crippen molar-refractivity contribution in [3.63, 3.8) is 0 Å². The monoisotopic (exact) mass is 196 g/mol. The summed E-state index contributed by atoms with van der Waals surface area (Å²) >= 11 is 0. The molecular formula is C11H13ClO. The van der Waals surface area contributed by atoms with Crippen molar-refractivity contribution in [2.45, 2.75) is 18.9 Å². The highest BCUT2D eigenvalue weighted by atomic mass is 35.5. The maximum Gasteiger partial charge on any atom is 0.0908 e. The SMILES string of the molecule is CC1(O)CC=Cc2ccccc21.Cl. The van der Waals surface area contributed by atoms with Gasteiger partial charge in [-0.25, -0.2) is 0 Å². The Morgan fingerprint density at radius 1 is 1.31 bits per heavy atom. The van der Waals surface area contributed by atoms with Crippen LogP contribution >= 0.6 is 12.4 Å². The number of aliphatic hydroxyl groups is 1. The van der Waals surface area contributed by atoms with Gasteiger partial charge in [0.25, 0.3) is 0 Å². The predicted octanol–water partition coefficient (Wildman–Crippen LogP) is 2.73. The van der Waals surface area contributed by atoms with Gasteiger partial charge in [-0.1, -0.05) is 36.4 Å². The second-order valence-electron chi connectivity index (χ2n) is 3.47. The Morgan fingerprint density at radius 2 is 2.00 bits per heavy atom. The molecule has 1 aliphatic carbocycles. The molecule has 2 rings (SSSR count). The molecule has 0 aliphatic heterocycles. The van der Waals surface area contributed by atoms with E-state index < -0.39 is 5.60 Å². The van der Waals surface area contributed by atoms with E-state index in [0.717, 1.165) is 11.1 Å². The number of hydrogen-bond donors (Lipinski definition) is 1. The maximum absolute atomic E-state index is 9.98. The predicted molar refractivity (Wildman–Crippen MR) is 56.9 cm³/mol. The molecule has 13 heavy (non-hydrogen) atoms. The van der Waals surface area contributed by atoms with E-state index in [1.165, 1.54) is 0 Å². The van der Waals surface area contributed by atoms with E-state index in [2.05, 4.69) is 6.08 Å². The van der Waals surface area contributed by atoms with Crippen molar-refractivity contribution in [3.8, 4) is 0 Å². The summed E-state index contributed by atoms with van der Waals surface area (Å²) < 4.78 is 0. The molecule has 0 heterocycles. The Labute approximate surface area is 84.5 Å². The third kappa shape index (κ3) is 1.77. The van der Waals surface area contributed by atoms with Gasteiger partial charge in [-0.2, -0.15) is 0 Å². The van der Waals surface area contributed by atoms with Gasteiger partial charge in [0.1, 0.15) is 0 Å². The summed E-state index contributed by atoms with van der Waals surface area (Å²) in [7, 11) is 0. The van der Waals surface area contributed by atoms with Crippen molar-refractivity contribution in [1.82, 2.24) is 0 Å². The number of fused-ring (bicyclic) bond motifs is 1. The number of halogens is 1. The van der Waals surface area contributed by atoms with E-state index in [1.54, 1.807) is 0 Å². The zero-order chi connectivity index (χ0) is 8.60. The molecule has 1 aliphatic rings. The average molecular weight is 197 g/mol. The van der Waals surface area contributed by atoms with Gasteiger partial charge in [0.2, 0.25) is 0 Å². The van der Waals surface area contributed by atoms with Crippen molar-refractivity contribution >= 4 is 18.5 Å². The van der Waals surface area contributed by atoms with Crippen LogP contribution in [0, 0.1) is 0 Å². The summed E-state index contributed by atoms with van der Waals surface area (Å²) in [5.41, 5.74) is 1.49. The fourth-order valence-corrected chi connectivity index (χ4v) is 1.66. The average Bonchev–Trinajstić information content (AvgIpc) is 2.04. The Hall–Kier alpha value is -0.790. The highest BCUT2D eigenvalue weighted by Gasteiger charge is 2.25. The van der Waals surface area contributed by atoms with Crippen molar-refractivity contribution in [2.24, 2.45) is 0 Å². The Morgan fingerprint density at radius 3 is 2.69 bits per heavy atom. The molecule has 1 aromatic carbocycles. The third-order valence-electron chi connectivity index (χ3n) is 2.35. The second kappa shape index (κ2) is 3.52.